The van der Waals surface area contributed by atoms with E-state index >= 15 is 0 Å². The van der Waals surface area contributed by atoms with Gasteiger partial charge in [0.1, 0.15) is 5.01 Å². The molecule has 2 aromatic rings. The lowest BCUT2D eigenvalue weighted by Crippen LogP contribution is -2.17. The van der Waals surface area contributed by atoms with Crippen molar-refractivity contribution in [2.24, 2.45) is 0 Å². The molecule has 1 aromatic heterocycles. The second-order valence-corrected chi connectivity index (χ2v) is 7.85. The molecule has 1 atom stereocenters. The number of nitrogens with zero attached hydrogens (tertiary/aromatic N) is 1. The lowest BCUT2D eigenvalue weighted by molar-refractivity contribution is 0.661. The van der Waals surface area contributed by atoms with Crippen LogP contribution in [0.3, 0.4) is 0 Å². The summed E-state index contributed by atoms with van der Waals surface area (Å²) in [5, 5.41) is 4.59. The quantitative estimate of drug-likeness (QED) is 0.774. The maximum absolute atomic E-state index is 4.88. The third-order valence-electron chi connectivity index (χ3n) is 3.67. The molecule has 3 rings (SSSR count). The predicted octanol–water partition coefficient (Wildman–Crippen LogP) is 4.86. The van der Waals surface area contributed by atoms with Gasteiger partial charge in [-0.05, 0) is 82.3 Å². The maximum atomic E-state index is 4.88. The molecule has 0 aliphatic heterocycles. The highest BCUT2D eigenvalue weighted by atomic mass is 79.9. The number of hydrogen-bond acceptors (Lipinski definition) is 3. The fourth-order valence-corrected chi connectivity index (χ4v) is 4.56. The summed E-state index contributed by atoms with van der Waals surface area (Å²) in [5.41, 5.74) is 2.57. The average molecular weight is 416 g/mol. The van der Waals surface area contributed by atoms with Crippen molar-refractivity contribution in [1.82, 2.24) is 10.3 Å². The van der Waals surface area contributed by atoms with Crippen LogP contribution in [0.15, 0.2) is 27.1 Å². The van der Waals surface area contributed by atoms with Gasteiger partial charge < -0.3 is 5.32 Å². The van der Waals surface area contributed by atoms with Gasteiger partial charge in [-0.1, -0.05) is 6.07 Å². The Hall–Kier alpha value is -0.230. The summed E-state index contributed by atoms with van der Waals surface area (Å²) in [6.07, 6.45) is 4.94. The number of thiazole rings is 1. The second-order valence-electron chi connectivity index (χ2n) is 5.02. The molecule has 1 aliphatic rings. The van der Waals surface area contributed by atoms with Gasteiger partial charge in [-0.15, -0.1) is 11.3 Å². The molecule has 1 aromatic carbocycles. The zero-order chi connectivity index (χ0) is 14.1. The molecule has 0 spiro atoms. The topological polar surface area (TPSA) is 24.9 Å². The van der Waals surface area contributed by atoms with Gasteiger partial charge in [0, 0.05) is 13.8 Å². The Morgan fingerprint density at radius 2 is 2.00 bits per heavy atom. The molecule has 0 bridgehead atoms. The minimum Gasteiger partial charge on any atom is -0.307 e. The van der Waals surface area contributed by atoms with Crippen molar-refractivity contribution in [3.63, 3.8) is 0 Å². The largest absolute Gasteiger partial charge is 0.307 e. The molecule has 0 fully saturated rings. The summed E-state index contributed by atoms with van der Waals surface area (Å²) >= 11 is 8.98. The smallest absolute Gasteiger partial charge is 0.115 e. The number of aryl methyl sites for hydroxylation is 2. The summed E-state index contributed by atoms with van der Waals surface area (Å²) < 4.78 is 2.16. The molecule has 5 heteroatoms. The Bertz CT molecular complexity index is 601. The monoisotopic (exact) mass is 414 g/mol. The first-order chi connectivity index (χ1) is 9.69. The van der Waals surface area contributed by atoms with E-state index in [-0.39, 0.29) is 6.04 Å². The minimum atomic E-state index is 0.176. The van der Waals surface area contributed by atoms with E-state index in [0.29, 0.717) is 0 Å². The number of hydrogen-bond donors (Lipinski definition) is 1. The zero-order valence-electron chi connectivity index (χ0n) is 11.2. The summed E-state index contributed by atoms with van der Waals surface area (Å²) in [7, 11) is 2.00. The van der Waals surface area contributed by atoms with Crippen molar-refractivity contribution >= 4 is 43.2 Å². The van der Waals surface area contributed by atoms with Crippen LogP contribution in [0, 0.1) is 0 Å². The first-order valence-corrected chi connectivity index (χ1v) is 9.20. The van der Waals surface area contributed by atoms with E-state index < -0.39 is 0 Å². The van der Waals surface area contributed by atoms with E-state index in [1.807, 2.05) is 18.4 Å². The number of fused-ring (bicyclic) bond motifs is 1. The van der Waals surface area contributed by atoms with Crippen molar-refractivity contribution in [3.8, 4) is 0 Å². The number of nitrogens with one attached hydrogen (secondary N) is 1. The van der Waals surface area contributed by atoms with Gasteiger partial charge >= 0.3 is 0 Å². The van der Waals surface area contributed by atoms with E-state index in [1.54, 1.807) is 0 Å². The normalized spacial score (nSPS) is 15.9. The van der Waals surface area contributed by atoms with Crippen LogP contribution >= 0.6 is 43.2 Å². The van der Waals surface area contributed by atoms with Crippen molar-refractivity contribution in [3.05, 3.63) is 48.3 Å². The molecule has 0 amide bonds. The van der Waals surface area contributed by atoms with Crippen LogP contribution in [0.4, 0.5) is 0 Å². The van der Waals surface area contributed by atoms with Crippen molar-refractivity contribution in [2.75, 3.05) is 7.05 Å². The highest BCUT2D eigenvalue weighted by Crippen LogP contribution is 2.34. The number of benzene rings is 1. The summed E-state index contributed by atoms with van der Waals surface area (Å²) in [6.45, 7) is 0. The molecular formula is C15H16Br2N2S. The van der Waals surface area contributed by atoms with E-state index in [0.717, 1.165) is 15.4 Å². The molecule has 0 saturated heterocycles. The number of rotatable bonds is 3. The molecule has 1 heterocycles. The highest BCUT2D eigenvalue weighted by molar-refractivity contribution is 9.13. The van der Waals surface area contributed by atoms with E-state index in [1.165, 1.54) is 40.4 Å². The van der Waals surface area contributed by atoms with Crippen molar-refractivity contribution < 1.29 is 0 Å². The Labute approximate surface area is 140 Å². The lowest BCUT2D eigenvalue weighted by atomic mass is 10.0. The Morgan fingerprint density at radius 3 is 2.70 bits per heavy atom. The van der Waals surface area contributed by atoms with E-state index in [9.17, 15) is 0 Å². The first kappa shape index (κ1) is 14.7. The highest BCUT2D eigenvalue weighted by Gasteiger charge is 2.21. The Morgan fingerprint density at radius 1 is 1.20 bits per heavy atom. The van der Waals surface area contributed by atoms with Crippen LogP contribution in [-0.2, 0) is 12.8 Å². The third-order valence-corrected chi connectivity index (χ3v) is 6.78. The van der Waals surface area contributed by atoms with Gasteiger partial charge in [-0.25, -0.2) is 4.98 Å². The molecule has 1 aliphatic carbocycles. The van der Waals surface area contributed by atoms with E-state index in [4.69, 9.17) is 4.98 Å². The summed E-state index contributed by atoms with van der Waals surface area (Å²) in [4.78, 5) is 6.37. The predicted molar refractivity (Wildman–Crippen MR) is 91.5 cm³/mol. The molecule has 0 radical (unpaired) electrons. The summed E-state index contributed by atoms with van der Waals surface area (Å²) in [5.74, 6) is 0. The van der Waals surface area contributed by atoms with Gasteiger partial charge in [0.25, 0.3) is 0 Å². The standard InChI is InChI=1S/C15H16Br2N2S/c1-18-14(9-6-7-10(16)11(17)8-9)15-19-12-4-2-3-5-13(12)20-15/h6-8,14,18H,2-5H2,1H3. The Kier molecular flexibility index (Phi) is 4.60. The van der Waals surface area contributed by atoms with Crippen LogP contribution < -0.4 is 5.32 Å². The molecule has 1 unspecified atom stereocenters. The van der Waals surface area contributed by atoms with Gasteiger partial charge in [0.15, 0.2) is 0 Å². The number of aromatic nitrogens is 1. The van der Waals surface area contributed by atoms with Crippen LogP contribution in [-0.4, -0.2) is 12.0 Å². The average Bonchev–Trinajstić information content (AvgIpc) is 2.87. The zero-order valence-corrected chi connectivity index (χ0v) is 15.2. The fraction of sp³-hybridized carbons (Fsp3) is 0.400. The fourth-order valence-electron chi connectivity index (χ4n) is 2.62. The van der Waals surface area contributed by atoms with Gasteiger partial charge in [0.05, 0.1) is 11.7 Å². The van der Waals surface area contributed by atoms with Crippen LogP contribution in [0.25, 0.3) is 0 Å². The second kappa shape index (κ2) is 6.26. The summed E-state index contributed by atoms with van der Waals surface area (Å²) in [6, 6.07) is 6.56. The van der Waals surface area contributed by atoms with Crippen LogP contribution in [0.2, 0.25) is 0 Å². The minimum absolute atomic E-state index is 0.176. The lowest BCUT2D eigenvalue weighted by Gasteiger charge is -2.14. The van der Waals surface area contributed by atoms with Crippen LogP contribution in [0.1, 0.15) is 40.0 Å². The maximum Gasteiger partial charge on any atom is 0.115 e. The molecule has 1 N–H and O–H groups in total. The third kappa shape index (κ3) is 2.86. The Balaban J connectivity index is 1.96. The van der Waals surface area contributed by atoms with Crippen molar-refractivity contribution in [2.45, 2.75) is 31.7 Å². The molecule has 20 heavy (non-hydrogen) atoms. The molecule has 0 saturated carbocycles. The van der Waals surface area contributed by atoms with Gasteiger partial charge in [-0.2, -0.15) is 0 Å². The van der Waals surface area contributed by atoms with Gasteiger partial charge in [-0.3, -0.25) is 0 Å². The van der Waals surface area contributed by atoms with E-state index in [2.05, 4.69) is 55.4 Å². The van der Waals surface area contributed by atoms with Gasteiger partial charge in [0.2, 0.25) is 0 Å². The molecular weight excluding hydrogens is 400 g/mol. The molecule has 2 nitrogen and oxygen atoms in total. The number of halogens is 2. The molecule has 106 valence electrons. The van der Waals surface area contributed by atoms with Crippen LogP contribution in [0.5, 0.6) is 0 Å². The SMILES string of the molecule is CNC(c1ccc(Br)c(Br)c1)c1nc2c(s1)CCCC2. The van der Waals surface area contributed by atoms with Crippen molar-refractivity contribution in [1.29, 1.82) is 0 Å². The first-order valence-electron chi connectivity index (χ1n) is 6.79.